The van der Waals surface area contributed by atoms with Crippen molar-refractivity contribution in [2.45, 2.75) is 38.8 Å². The van der Waals surface area contributed by atoms with Crippen LogP contribution in [0.3, 0.4) is 0 Å². The van der Waals surface area contributed by atoms with Crippen LogP contribution >= 0.6 is 0 Å². The molecule has 5 N–H and O–H groups in total. The van der Waals surface area contributed by atoms with E-state index in [9.17, 15) is 13.9 Å². The van der Waals surface area contributed by atoms with Crippen molar-refractivity contribution in [1.29, 1.82) is 0 Å². The van der Waals surface area contributed by atoms with E-state index in [2.05, 4.69) is 21.8 Å². The number of aryl methyl sites for hydroxylation is 1. The molecule has 0 radical (unpaired) electrons. The van der Waals surface area contributed by atoms with Crippen molar-refractivity contribution in [3.05, 3.63) is 82.9 Å². The predicted octanol–water partition coefficient (Wildman–Crippen LogP) is 3.93. The Morgan fingerprint density at radius 3 is 2.47 bits per heavy atom. The first-order valence-electron chi connectivity index (χ1n) is 10.7. The van der Waals surface area contributed by atoms with E-state index in [-0.39, 0.29) is 6.42 Å². The van der Waals surface area contributed by atoms with E-state index < -0.39 is 23.3 Å². The van der Waals surface area contributed by atoms with Crippen LogP contribution in [-0.2, 0) is 6.42 Å². The number of halogens is 2. The van der Waals surface area contributed by atoms with Gasteiger partial charge in [-0.15, -0.1) is 0 Å². The second kappa shape index (κ2) is 8.86. The molecule has 3 aromatic heterocycles. The number of hydrogen-bond donors (Lipinski definition) is 3. The van der Waals surface area contributed by atoms with Crippen LogP contribution in [0.25, 0.3) is 16.8 Å². The lowest BCUT2D eigenvalue weighted by Crippen LogP contribution is -2.18. The van der Waals surface area contributed by atoms with Crippen molar-refractivity contribution < 1.29 is 13.9 Å². The highest BCUT2D eigenvalue weighted by Crippen LogP contribution is 2.31. The molecule has 8 heteroatoms. The summed E-state index contributed by atoms with van der Waals surface area (Å²) in [6.45, 7) is 5.00. The fourth-order valence-corrected chi connectivity index (χ4v) is 3.89. The number of benzene rings is 1. The summed E-state index contributed by atoms with van der Waals surface area (Å²) in [7, 11) is 0. The molecule has 1 aromatic carbocycles. The van der Waals surface area contributed by atoms with Gasteiger partial charge in [-0.1, -0.05) is 12.0 Å². The van der Waals surface area contributed by atoms with E-state index in [1.807, 2.05) is 35.6 Å². The lowest BCUT2D eigenvalue weighted by molar-refractivity contribution is 0.143. The molecule has 0 aliphatic rings. The number of hydrogen-bond acceptors (Lipinski definition) is 5. The predicted molar refractivity (Wildman–Crippen MR) is 128 cm³/mol. The highest BCUT2D eigenvalue weighted by molar-refractivity contribution is 5.74. The Hall–Kier alpha value is -3.80. The maximum atomic E-state index is 13.8. The maximum absolute atomic E-state index is 13.8. The Balaban J connectivity index is 1.87. The van der Waals surface area contributed by atoms with Gasteiger partial charge in [0.2, 0.25) is 0 Å². The molecular formula is C26H25F2N5O. The minimum atomic E-state index is -1.20. The number of anilines is 1. The zero-order chi connectivity index (χ0) is 24.6. The van der Waals surface area contributed by atoms with Crippen LogP contribution in [0.4, 0.5) is 14.6 Å². The van der Waals surface area contributed by atoms with Gasteiger partial charge in [0.05, 0.1) is 22.9 Å². The summed E-state index contributed by atoms with van der Waals surface area (Å²) < 4.78 is 29.4. The van der Waals surface area contributed by atoms with Crippen LogP contribution in [0.2, 0.25) is 0 Å². The van der Waals surface area contributed by atoms with Gasteiger partial charge in [-0.25, -0.2) is 18.7 Å². The highest BCUT2D eigenvalue weighted by Gasteiger charge is 2.20. The molecule has 4 rings (SSSR count). The smallest absolute Gasteiger partial charge is 0.149 e. The van der Waals surface area contributed by atoms with Crippen molar-refractivity contribution in [3.63, 3.8) is 0 Å². The van der Waals surface area contributed by atoms with Crippen molar-refractivity contribution in [3.8, 4) is 23.1 Å². The Morgan fingerprint density at radius 1 is 1.09 bits per heavy atom. The van der Waals surface area contributed by atoms with Gasteiger partial charge in [-0.2, -0.15) is 0 Å². The zero-order valence-electron chi connectivity index (χ0n) is 19.1. The summed E-state index contributed by atoms with van der Waals surface area (Å²) in [5, 5.41) is 9.97. The number of pyridine rings is 2. The molecule has 0 spiro atoms. The number of aliphatic hydroxyl groups is 1. The van der Waals surface area contributed by atoms with Crippen LogP contribution in [0.5, 0.6) is 0 Å². The molecule has 1 atom stereocenters. The molecular weight excluding hydrogens is 436 g/mol. The van der Waals surface area contributed by atoms with Crippen LogP contribution in [-0.4, -0.2) is 25.1 Å². The van der Waals surface area contributed by atoms with Gasteiger partial charge >= 0.3 is 0 Å². The van der Waals surface area contributed by atoms with Crippen LogP contribution in [0.1, 0.15) is 42.7 Å². The Labute approximate surface area is 196 Å². The summed E-state index contributed by atoms with van der Waals surface area (Å²) in [5.41, 5.74) is 15.0. The molecule has 34 heavy (non-hydrogen) atoms. The van der Waals surface area contributed by atoms with E-state index in [1.165, 1.54) is 12.1 Å². The van der Waals surface area contributed by atoms with Crippen molar-refractivity contribution in [2.24, 2.45) is 5.73 Å². The van der Waals surface area contributed by atoms with Crippen LogP contribution in [0.15, 0.2) is 48.5 Å². The van der Waals surface area contributed by atoms with Gasteiger partial charge in [0.15, 0.2) is 0 Å². The fourth-order valence-electron chi connectivity index (χ4n) is 3.89. The molecule has 6 nitrogen and oxygen atoms in total. The Kier molecular flexibility index (Phi) is 6.09. The maximum Gasteiger partial charge on any atom is 0.149 e. The van der Waals surface area contributed by atoms with Gasteiger partial charge in [-0.3, -0.25) is 4.40 Å². The molecule has 4 aromatic rings. The first-order valence-corrected chi connectivity index (χ1v) is 10.7. The largest absolute Gasteiger partial charge is 0.382 e. The molecule has 0 aliphatic carbocycles. The lowest BCUT2D eigenvalue weighted by Gasteiger charge is -2.18. The molecule has 0 fully saturated rings. The van der Waals surface area contributed by atoms with Gasteiger partial charge < -0.3 is 16.6 Å². The number of nitrogens with zero attached hydrogens (tertiary/aromatic N) is 3. The van der Waals surface area contributed by atoms with Gasteiger partial charge in [-0.05, 0) is 75.1 Å². The normalized spacial score (nSPS) is 12.4. The standard InChI is InChI=1S/C26H25F2N5O/c1-15-31-25(30)23-6-4-5-22(33(15)23)20-8-7-19(9-10-26(2,3)34)32-24(20)21(29)13-16-11-17(27)14-18(28)12-16/h4-8,11-12,14,21,34H,13,29-30H2,1-3H3/t21-/m0/s1. The molecule has 3 heterocycles. The minimum absolute atomic E-state index is 0.151. The van der Waals surface area contributed by atoms with Crippen molar-refractivity contribution >= 4 is 11.3 Å². The second-order valence-corrected chi connectivity index (χ2v) is 8.70. The molecule has 0 bridgehead atoms. The number of rotatable bonds is 4. The van der Waals surface area contributed by atoms with E-state index in [0.29, 0.717) is 34.2 Å². The summed E-state index contributed by atoms with van der Waals surface area (Å²) in [6.07, 6.45) is 0.151. The molecule has 0 saturated carbocycles. The second-order valence-electron chi connectivity index (χ2n) is 8.70. The Morgan fingerprint density at radius 2 is 1.79 bits per heavy atom. The summed E-state index contributed by atoms with van der Waals surface area (Å²) in [6, 6.07) is 11.8. The average Bonchev–Trinajstić information content (AvgIpc) is 3.04. The third kappa shape index (κ3) is 4.91. The van der Waals surface area contributed by atoms with E-state index in [1.54, 1.807) is 19.9 Å². The van der Waals surface area contributed by atoms with Gasteiger partial charge in [0, 0.05) is 11.6 Å². The summed E-state index contributed by atoms with van der Waals surface area (Å²) in [4.78, 5) is 9.04. The number of nitrogens with two attached hydrogens (primary N) is 2. The molecule has 0 unspecified atom stereocenters. The number of fused-ring (bicyclic) bond motifs is 1. The lowest BCUT2D eigenvalue weighted by atomic mass is 9.97. The SMILES string of the molecule is Cc1nc(N)c2cccc(-c3ccc(C#CC(C)(C)O)nc3[C@@H](N)Cc3cc(F)cc(F)c3)n12. The topological polar surface area (TPSA) is 102 Å². The van der Waals surface area contributed by atoms with Crippen LogP contribution in [0, 0.1) is 30.4 Å². The summed E-state index contributed by atoms with van der Waals surface area (Å²) >= 11 is 0. The quantitative estimate of drug-likeness (QED) is 0.400. The monoisotopic (exact) mass is 461 g/mol. The molecule has 174 valence electrons. The first kappa shape index (κ1) is 23.4. The first-order chi connectivity index (χ1) is 16.0. The minimum Gasteiger partial charge on any atom is -0.382 e. The average molecular weight is 462 g/mol. The Bertz CT molecular complexity index is 1420. The van der Waals surface area contributed by atoms with E-state index >= 15 is 0 Å². The van der Waals surface area contributed by atoms with Crippen molar-refractivity contribution in [1.82, 2.24) is 14.4 Å². The van der Waals surface area contributed by atoms with Crippen LogP contribution < -0.4 is 11.5 Å². The molecule has 0 amide bonds. The van der Waals surface area contributed by atoms with Gasteiger partial charge in [0.25, 0.3) is 0 Å². The number of nitrogen functional groups attached to an aromatic ring is 1. The summed E-state index contributed by atoms with van der Waals surface area (Å²) in [5.74, 6) is 5.36. The molecule has 0 aliphatic heterocycles. The third-order valence-corrected chi connectivity index (χ3v) is 5.28. The van der Waals surface area contributed by atoms with Crippen molar-refractivity contribution in [2.75, 3.05) is 5.73 Å². The van der Waals surface area contributed by atoms with E-state index in [0.717, 1.165) is 17.3 Å². The highest BCUT2D eigenvalue weighted by atomic mass is 19.1. The zero-order valence-corrected chi connectivity index (χ0v) is 19.1. The number of aromatic nitrogens is 3. The number of imidazole rings is 1. The fraction of sp³-hybridized carbons (Fsp3) is 0.231. The third-order valence-electron chi connectivity index (χ3n) is 5.28. The van der Waals surface area contributed by atoms with E-state index in [4.69, 9.17) is 11.5 Å². The van der Waals surface area contributed by atoms with Gasteiger partial charge in [0.1, 0.15) is 34.6 Å². The molecule has 0 saturated heterocycles.